The van der Waals surface area contributed by atoms with E-state index in [1.54, 1.807) is 0 Å². The summed E-state index contributed by atoms with van der Waals surface area (Å²) in [6.07, 6.45) is 4.38. The Kier molecular flexibility index (Phi) is 2.30. The largest absolute Gasteiger partial charge is 0.339 e. The van der Waals surface area contributed by atoms with Gasteiger partial charge >= 0.3 is 0 Å². The van der Waals surface area contributed by atoms with Crippen LogP contribution in [0.5, 0.6) is 0 Å². The summed E-state index contributed by atoms with van der Waals surface area (Å²) in [5.41, 5.74) is 8.59. The van der Waals surface area contributed by atoms with Gasteiger partial charge in [-0.15, -0.1) is 0 Å². The Morgan fingerprint density at radius 2 is 2.16 bits per heavy atom. The molecule has 2 N–H and O–H groups in total. The number of aromatic nitrogens is 2. The maximum absolute atomic E-state index is 5.88. The van der Waals surface area contributed by atoms with Crippen molar-refractivity contribution in [3.8, 4) is 0 Å². The van der Waals surface area contributed by atoms with Crippen LogP contribution in [0.1, 0.15) is 48.0 Å². The fraction of sp³-hybridized carbons (Fsp3) is 0.467. The molecule has 1 atom stereocenters. The van der Waals surface area contributed by atoms with Gasteiger partial charge in [0.05, 0.1) is 11.3 Å². The van der Waals surface area contributed by atoms with E-state index in [-0.39, 0.29) is 5.41 Å². The van der Waals surface area contributed by atoms with E-state index < -0.39 is 0 Å². The molecular weight excluding hydrogens is 238 g/mol. The number of benzene rings is 1. The molecule has 98 valence electrons. The standard InChI is InChI=1S/C15H17N3O/c16-9-15(6-3-7-15)14-17-13(18-19-14)12-8-10-4-1-2-5-11(10)12/h1-2,4-5,12H,3,6-9,16H2. The molecule has 19 heavy (non-hydrogen) atoms. The van der Waals surface area contributed by atoms with Crippen LogP contribution in [-0.4, -0.2) is 16.7 Å². The molecule has 1 heterocycles. The van der Waals surface area contributed by atoms with E-state index in [0.29, 0.717) is 12.5 Å². The first-order chi connectivity index (χ1) is 9.32. The van der Waals surface area contributed by atoms with Crippen LogP contribution in [0, 0.1) is 0 Å². The van der Waals surface area contributed by atoms with Crippen LogP contribution in [0.15, 0.2) is 28.8 Å². The number of rotatable bonds is 3. The van der Waals surface area contributed by atoms with Crippen molar-refractivity contribution in [2.24, 2.45) is 5.73 Å². The normalized spacial score (nSPS) is 23.3. The third-order valence-electron chi connectivity index (χ3n) is 4.76. The maximum atomic E-state index is 5.88. The molecule has 4 rings (SSSR count). The first-order valence-corrected chi connectivity index (χ1v) is 6.94. The summed E-state index contributed by atoms with van der Waals surface area (Å²) in [6.45, 7) is 0.607. The van der Waals surface area contributed by atoms with Gasteiger partial charge in [-0.2, -0.15) is 4.98 Å². The van der Waals surface area contributed by atoms with E-state index in [2.05, 4.69) is 34.4 Å². The molecule has 4 heteroatoms. The Morgan fingerprint density at radius 1 is 1.32 bits per heavy atom. The minimum atomic E-state index is -0.0332. The lowest BCUT2D eigenvalue weighted by Crippen LogP contribution is -2.41. The summed E-state index contributed by atoms with van der Waals surface area (Å²) in [4.78, 5) is 4.64. The Labute approximate surface area is 112 Å². The highest BCUT2D eigenvalue weighted by molar-refractivity contribution is 5.43. The zero-order valence-electron chi connectivity index (χ0n) is 10.8. The lowest BCUT2D eigenvalue weighted by Gasteiger charge is -2.37. The van der Waals surface area contributed by atoms with E-state index in [1.165, 1.54) is 17.5 Å². The second-order valence-corrected chi connectivity index (χ2v) is 5.75. The lowest BCUT2D eigenvalue weighted by atomic mass is 9.68. The van der Waals surface area contributed by atoms with Crippen molar-refractivity contribution in [3.63, 3.8) is 0 Å². The van der Waals surface area contributed by atoms with Crippen molar-refractivity contribution >= 4 is 0 Å². The molecule has 1 fully saturated rings. The van der Waals surface area contributed by atoms with E-state index in [0.717, 1.165) is 31.0 Å². The minimum Gasteiger partial charge on any atom is -0.339 e. The van der Waals surface area contributed by atoms with E-state index in [4.69, 9.17) is 10.3 Å². The van der Waals surface area contributed by atoms with Crippen molar-refractivity contribution in [1.82, 2.24) is 10.1 Å². The number of nitrogens with two attached hydrogens (primary N) is 1. The summed E-state index contributed by atoms with van der Waals surface area (Å²) >= 11 is 0. The predicted octanol–water partition coefficient (Wildman–Crippen LogP) is 2.14. The molecule has 1 unspecified atom stereocenters. The van der Waals surface area contributed by atoms with Gasteiger partial charge in [-0.25, -0.2) is 0 Å². The smallest absolute Gasteiger partial charge is 0.234 e. The molecule has 4 nitrogen and oxygen atoms in total. The second kappa shape index (κ2) is 3.90. The highest BCUT2D eigenvalue weighted by Gasteiger charge is 2.43. The molecule has 0 aliphatic heterocycles. The van der Waals surface area contributed by atoms with Gasteiger partial charge in [0, 0.05) is 6.54 Å². The van der Waals surface area contributed by atoms with Gasteiger partial charge in [-0.1, -0.05) is 35.8 Å². The van der Waals surface area contributed by atoms with Crippen molar-refractivity contribution in [1.29, 1.82) is 0 Å². The molecule has 2 aromatic rings. The molecule has 0 radical (unpaired) electrons. The number of nitrogens with zero attached hydrogens (tertiary/aromatic N) is 2. The van der Waals surface area contributed by atoms with E-state index >= 15 is 0 Å². The quantitative estimate of drug-likeness (QED) is 0.912. The van der Waals surface area contributed by atoms with Crippen LogP contribution < -0.4 is 5.73 Å². The van der Waals surface area contributed by atoms with Gasteiger partial charge in [-0.05, 0) is 30.4 Å². The van der Waals surface area contributed by atoms with Crippen molar-refractivity contribution in [2.75, 3.05) is 6.54 Å². The maximum Gasteiger partial charge on any atom is 0.234 e. The number of hydrogen-bond donors (Lipinski definition) is 1. The zero-order chi connectivity index (χ0) is 12.9. The van der Waals surface area contributed by atoms with E-state index in [9.17, 15) is 0 Å². The van der Waals surface area contributed by atoms with Gasteiger partial charge in [0.1, 0.15) is 0 Å². The highest BCUT2D eigenvalue weighted by atomic mass is 16.5. The third kappa shape index (κ3) is 1.49. The highest BCUT2D eigenvalue weighted by Crippen LogP contribution is 2.44. The third-order valence-corrected chi connectivity index (χ3v) is 4.76. The van der Waals surface area contributed by atoms with Crippen LogP contribution in [0.3, 0.4) is 0 Å². The SMILES string of the molecule is NCC1(c2nc(C3Cc4ccccc43)no2)CCC1. The van der Waals surface area contributed by atoms with Crippen molar-refractivity contribution < 1.29 is 4.52 Å². The van der Waals surface area contributed by atoms with Crippen LogP contribution >= 0.6 is 0 Å². The minimum absolute atomic E-state index is 0.0332. The Hall–Kier alpha value is -1.68. The number of fused-ring (bicyclic) bond motifs is 1. The molecule has 0 bridgehead atoms. The molecule has 0 saturated heterocycles. The summed E-state index contributed by atoms with van der Waals surface area (Å²) < 4.78 is 5.49. The topological polar surface area (TPSA) is 64.9 Å². The summed E-state index contributed by atoms with van der Waals surface area (Å²) in [5, 5.41) is 4.19. The van der Waals surface area contributed by atoms with Gasteiger partial charge in [0.2, 0.25) is 5.89 Å². The lowest BCUT2D eigenvalue weighted by molar-refractivity contribution is 0.181. The van der Waals surface area contributed by atoms with Gasteiger partial charge < -0.3 is 10.3 Å². The van der Waals surface area contributed by atoms with Gasteiger partial charge in [0.15, 0.2) is 5.82 Å². The first kappa shape index (κ1) is 11.2. The van der Waals surface area contributed by atoms with Crippen LogP contribution in [0.25, 0.3) is 0 Å². The average molecular weight is 255 g/mol. The molecule has 0 amide bonds. The second-order valence-electron chi connectivity index (χ2n) is 5.75. The first-order valence-electron chi connectivity index (χ1n) is 6.94. The molecular formula is C15H17N3O. The van der Waals surface area contributed by atoms with Crippen molar-refractivity contribution in [2.45, 2.75) is 37.0 Å². The average Bonchev–Trinajstić information content (AvgIpc) is 2.80. The Balaban J connectivity index is 1.63. The van der Waals surface area contributed by atoms with Gasteiger partial charge in [0.25, 0.3) is 0 Å². The summed E-state index contributed by atoms with van der Waals surface area (Å²) in [6, 6.07) is 8.47. The molecule has 1 saturated carbocycles. The summed E-state index contributed by atoms with van der Waals surface area (Å²) in [7, 11) is 0. The fourth-order valence-electron chi connectivity index (χ4n) is 3.19. The van der Waals surface area contributed by atoms with Crippen LogP contribution in [0.4, 0.5) is 0 Å². The molecule has 2 aliphatic rings. The fourth-order valence-corrected chi connectivity index (χ4v) is 3.19. The number of hydrogen-bond acceptors (Lipinski definition) is 4. The molecule has 0 spiro atoms. The van der Waals surface area contributed by atoms with Gasteiger partial charge in [-0.3, -0.25) is 0 Å². The zero-order valence-corrected chi connectivity index (χ0v) is 10.8. The Morgan fingerprint density at radius 3 is 2.84 bits per heavy atom. The predicted molar refractivity (Wildman–Crippen MR) is 70.9 cm³/mol. The summed E-state index contributed by atoms with van der Waals surface area (Å²) in [5.74, 6) is 1.89. The molecule has 2 aliphatic carbocycles. The molecule has 1 aromatic heterocycles. The van der Waals surface area contributed by atoms with Crippen molar-refractivity contribution in [3.05, 3.63) is 47.1 Å². The monoisotopic (exact) mass is 255 g/mol. The Bertz CT molecular complexity index is 610. The van der Waals surface area contributed by atoms with Crippen LogP contribution in [0.2, 0.25) is 0 Å². The van der Waals surface area contributed by atoms with Crippen LogP contribution in [-0.2, 0) is 11.8 Å². The van der Waals surface area contributed by atoms with E-state index in [1.807, 2.05) is 0 Å². The molecule has 1 aromatic carbocycles.